The number of piperidine rings is 1. The van der Waals surface area contributed by atoms with Crippen LogP contribution in [0.3, 0.4) is 0 Å². The first kappa shape index (κ1) is 19.1. The number of nitro groups is 1. The fraction of sp³-hybridized carbons (Fsp3) is 0.400. The van der Waals surface area contributed by atoms with Gasteiger partial charge < -0.3 is 15.3 Å². The molecule has 0 atom stereocenters. The van der Waals surface area contributed by atoms with Gasteiger partial charge in [-0.1, -0.05) is 30.3 Å². The standard InChI is InChI=1S/C20H23N5O4/c26-11-8-21-16-13-17(18-19(23-29-22-18)20(16)25(27)28)24-9-6-15(7-10-24)12-14-4-2-1-3-5-14/h1-5,13,15,21,26H,6-12H2. The number of rotatable bonds is 7. The van der Waals surface area contributed by atoms with Gasteiger partial charge in [-0.15, -0.1) is 0 Å². The van der Waals surface area contributed by atoms with E-state index in [-0.39, 0.29) is 24.4 Å². The Labute approximate surface area is 167 Å². The van der Waals surface area contributed by atoms with Crippen LogP contribution in [0.2, 0.25) is 0 Å². The SMILES string of the molecule is O=[N+]([O-])c1c(NCCO)cc(N2CCC(Cc3ccccc3)CC2)c2nonc12. The number of benzene rings is 2. The number of fused-ring (bicyclic) bond motifs is 1. The van der Waals surface area contributed by atoms with Gasteiger partial charge >= 0.3 is 5.69 Å². The molecular weight excluding hydrogens is 374 g/mol. The van der Waals surface area contributed by atoms with E-state index >= 15 is 0 Å². The maximum atomic E-state index is 11.6. The molecule has 9 nitrogen and oxygen atoms in total. The van der Waals surface area contributed by atoms with E-state index in [1.807, 2.05) is 6.07 Å². The summed E-state index contributed by atoms with van der Waals surface area (Å²) in [6, 6.07) is 12.2. The second-order valence-electron chi connectivity index (χ2n) is 7.28. The molecule has 1 aromatic heterocycles. The summed E-state index contributed by atoms with van der Waals surface area (Å²) in [7, 11) is 0. The molecule has 3 aromatic rings. The zero-order valence-corrected chi connectivity index (χ0v) is 16.0. The van der Waals surface area contributed by atoms with E-state index in [1.165, 1.54) is 5.56 Å². The third-order valence-electron chi connectivity index (χ3n) is 5.42. The number of nitrogens with one attached hydrogen (secondary N) is 1. The van der Waals surface area contributed by atoms with Crippen LogP contribution in [0.15, 0.2) is 41.0 Å². The Morgan fingerprint density at radius 3 is 2.62 bits per heavy atom. The molecular formula is C20H23N5O4. The third-order valence-corrected chi connectivity index (χ3v) is 5.42. The maximum absolute atomic E-state index is 11.6. The van der Waals surface area contributed by atoms with Crippen LogP contribution in [-0.4, -0.2) is 46.6 Å². The van der Waals surface area contributed by atoms with Crippen LogP contribution in [0.1, 0.15) is 18.4 Å². The molecule has 1 saturated heterocycles. The fourth-order valence-electron chi connectivity index (χ4n) is 3.99. The van der Waals surface area contributed by atoms with Crippen LogP contribution in [-0.2, 0) is 6.42 Å². The molecule has 0 bridgehead atoms. The Balaban J connectivity index is 1.57. The van der Waals surface area contributed by atoms with E-state index in [2.05, 4.69) is 44.8 Å². The average molecular weight is 397 g/mol. The molecule has 152 valence electrons. The maximum Gasteiger partial charge on any atom is 0.323 e. The van der Waals surface area contributed by atoms with Gasteiger partial charge in [0.05, 0.1) is 17.2 Å². The number of aliphatic hydroxyl groups is 1. The highest BCUT2D eigenvalue weighted by Crippen LogP contribution is 2.39. The smallest absolute Gasteiger partial charge is 0.323 e. The van der Waals surface area contributed by atoms with Gasteiger partial charge in [0.1, 0.15) is 5.69 Å². The molecule has 29 heavy (non-hydrogen) atoms. The topological polar surface area (TPSA) is 118 Å². The molecule has 2 aromatic carbocycles. The predicted octanol–water partition coefficient (Wildman–Crippen LogP) is 2.99. The van der Waals surface area contributed by atoms with Crippen molar-refractivity contribution in [2.24, 2.45) is 5.92 Å². The van der Waals surface area contributed by atoms with E-state index < -0.39 is 4.92 Å². The van der Waals surface area contributed by atoms with Crippen molar-refractivity contribution in [2.75, 3.05) is 36.5 Å². The number of aromatic nitrogens is 2. The van der Waals surface area contributed by atoms with Crippen LogP contribution in [0.25, 0.3) is 11.0 Å². The molecule has 4 rings (SSSR count). The Kier molecular flexibility index (Phi) is 5.57. The van der Waals surface area contributed by atoms with E-state index in [0.29, 0.717) is 17.1 Å². The largest absolute Gasteiger partial charge is 0.395 e. The minimum atomic E-state index is -0.498. The number of nitrogens with zero attached hydrogens (tertiary/aromatic N) is 4. The summed E-state index contributed by atoms with van der Waals surface area (Å²) in [5.41, 5.74) is 2.77. The summed E-state index contributed by atoms with van der Waals surface area (Å²) in [6.07, 6.45) is 3.11. The summed E-state index contributed by atoms with van der Waals surface area (Å²) in [5.74, 6) is 0.601. The second kappa shape index (κ2) is 8.44. The molecule has 2 N–H and O–H groups in total. The van der Waals surface area contributed by atoms with Crippen LogP contribution in [0.5, 0.6) is 0 Å². The summed E-state index contributed by atoms with van der Waals surface area (Å²) in [5, 5.41) is 31.3. The highest BCUT2D eigenvalue weighted by Gasteiger charge is 2.29. The van der Waals surface area contributed by atoms with Gasteiger partial charge in [0.15, 0.2) is 5.52 Å². The van der Waals surface area contributed by atoms with Crippen molar-refractivity contribution < 1.29 is 14.7 Å². The van der Waals surface area contributed by atoms with Gasteiger partial charge in [-0.3, -0.25) is 10.1 Å². The molecule has 0 saturated carbocycles. The van der Waals surface area contributed by atoms with Crippen molar-refractivity contribution in [3.8, 4) is 0 Å². The van der Waals surface area contributed by atoms with Gasteiger partial charge in [-0.25, -0.2) is 4.63 Å². The van der Waals surface area contributed by atoms with Crippen LogP contribution in [0, 0.1) is 16.0 Å². The number of hydrogen-bond acceptors (Lipinski definition) is 8. The number of aliphatic hydroxyl groups excluding tert-OH is 1. The highest BCUT2D eigenvalue weighted by molar-refractivity contribution is 5.99. The zero-order chi connectivity index (χ0) is 20.2. The number of anilines is 2. The first-order valence-electron chi connectivity index (χ1n) is 9.74. The lowest BCUT2D eigenvalue weighted by Gasteiger charge is -2.33. The lowest BCUT2D eigenvalue weighted by atomic mass is 9.90. The second-order valence-corrected chi connectivity index (χ2v) is 7.28. The van der Waals surface area contributed by atoms with Crippen LogP contribution in [0.4, 0.5) is 17.1 Å². The minimum Gasteiger partial charge on any atom is -0.395 e. The molecule has 9 heteroatoms. The summed E-state index contributed by atoms with van der Waals surface area (Å²) in [6.45, 7) is 1.73. The summed E-state index contributed by atoms with van der Waals surface area (Å²) in [4.78, 5) is 13.3. The van der Waals surface area contributed by atoms with Crippen molar-refractivity contribution in [1.29, 1.82) is 0 Å². The van der Waals surface area contributed by atoms with Crippen molar-refractivity contribution in [1.82, 2.24) is 10.3 Å². The number of hydrogen-bond donors (Lipinski definition) is 2. The third kappa shape index (κ3) is 4.00. The molecule has 2 heterocycles. The van der Waals surface area contributed by atoms with E-state index in [4.69, 9.17) is 9.74 Å². The van der Waals surface area contributed by atoms with E-state index in [9.17, 15) is 10.1 Å². The molecule has 0 radical (unpaired) electrons. The predicted molar refractivity (Wildman–Crippen MR) is 109 cm³/mol. The van der Waals surface area contributed by atoms with Gasteiger partial charge in [-0.2, -0.15) is 0 Å². The van der Waals surface area contributed by atoms with Crippen molar-refractivity contribution in [2.45, 2.75) is 19.3 Å². The van der Waals surface area contributed by atoms with Crippen molar-refractivity contribution >= 4 is 28.1 Å². The Morgan fingerprint density at radius 2 is 1.93 bits per heavy atom. The normalized spacial score (nSPS) is 15.0. The van der Waals surface area contributed by atoms with Gasteiger partial charge in [-0.05, 0) is 47.1 Å². The Bertz CT molecular complexity index is 983. The Morgan fingerprint density at radius 1 is 1.21 bits per heavy atom. The first-order chi connectivity index (χ1) is 14.2. The van der Waals surface area contributed by atoms with Gasteiger partial charge in [0.25, 0.3) is 0 Å². The molecule has 1 aliphatic rings. The summed E-state index contributed by atoms with van der Waals surface area (Å²) >= 11 is 0. The monoisotopic (exact) mass is 397 g/mol. The van der Waals surface area contributed by atoms with Gasteiger partial charge in [0.2, 0.25) is 5.52 Å². The molecule has 0 unspecified atom stereocenters. The lowest BCUT2D eigenvalue weighted by molar-refractivity contribution is -0.382. The van der Waals surface area contributed by atoms with E-state index in [1.54, 1.807) is 6.07 Å². The van der Waals surface area contributed by atoms with Crippen molar-refractivity contribution in [3.05, 3.63) is 52.1 Å². The van der Waals surface area contributed by atoms with Crippen LogP contribution < -0.4 is 10.2 Å². The quantitative estimate of drug-likeness (QED) is 0.461. The minimum absolute atomic E-state index is 0.124. The Hall–Kier alpha value is -3.20. The number of nitro benzene ring substituents is 1. The highest BCUT2D eigenvalue weighted by atomic mass is 16.6. The first-order valence-corrected chi connectivity index (χ1v) is 9.74. The molecule has 0 spiro atoms. The summed E-state index contributed by atoms with van der Waals surface area (Å²) < 4.78 is 4.84. The molecule has 0 aliphatic carbocycles. The zero-order valence-electron chi connectivity index (χ0n) is 16.0. The fourth-order valence-corrected chi connectivity index (χ4v) is 3.99. The lowest BCUT2D eigenvalue weighted by Crippen LogP contribution is -2.34. The molecule has 0 amide bonds. The van der Waals surface area contributed by atoms with E-state index in [0.717, 1.165) is 38.0 Å². The van der Waals surface area contributed by atoms with Crippen LogP contribution >= 0.6 is 0 Å². The average Bonchev–Trinajstić information content (AvgIpc) is 3.22. The molecule has 1 aliphatic heterocycles. The molecule has 1 fully saturated rings. The van der Waals surface area contributed by atoms with Crippen molar-refractivity contribution in [3.63, 3.8) is 0 Å². The van der Waals surface area contributed by atoms with Gasteiger partial charge in [0, 0.05) is 19.6 Å².